The number of carbonyl (C=O) groups excluding carboxylic acids is 1. The molecule has 1 fully saturated rings. The minimum Gasteiger partial charge on any atom is -0.481 e. The molecule has 2 amide bonds. The highest BCUT2D eigenvalue weighted by Crippen LogP contribution is 2.24. The number of likely N-dealkylation sites (tertiary alicyclic amines) is 1. The number of amides is 2. The zero-order valence-electron chi connectivity index (χ0n) is 16.6. The second kappa shape index (κ2) is 8.46. The molecule has 3 atom stereocenters. The maximum absolute atomic E-state index is 13.0. The summed E-state index contributed by atoms with van der Waals surface area (Å²) in [5.74, 6) is -1.19. The third-order valence-electron chi connectivity index (χ3n) is 5.35. The second-order valence-electron chi connectivity index (χ2n) is 7.90. The Kier molecular flexibility index (Phi) is 6.02. The van der Waals surface area contributed by atoms with E-state index in [1.807, 2.05) is 43.7 Å². The van der Waals surface area contributed by atoms with E-state index in [2.05, 4.69) is 16.4 Å². The number of carboxylic acids is 1. The lowest BCUT2D eigenvalue weighted by Crippen LogP contribution is -2.50. The molecule has 1 aromatic carbocycles. The van der Waals surface area contributed by atoms with E-state index in [1.54, 1.807) is 17.4 Å². The minimum atomic E-state index is -0.839. The van der Waals surface area contributed by atoms with Crippen molar-refractivity contribution in [2.24, 2.45) is 11.8 Å². The standard InChI is InChI=1S/C21H28N4O3/c1-14-4-5-18(16(3)8-14)19(12-24-7-6-22-13-24)23-21(28)25-10-15(2)9-17(11-25)20(26)27/h4-8,13,15,17,19H,9-12H2,1-3H3,(H,23,28)(H,26,27). The Bertz CT molecular complexity index is 834. The van der Waals surface area contributed by atoms with Gasteiger partial charge in [0.15, 0.2) is 0 Å². The van der Waals surface area contributed by atoms with Gasteiger partial charge in [-0.1, -0.05) is 30.7 Å². The van der Waals surface area contributed by atoms with Crippen molar-refractivity contribution < 1.29 is 14.7 Å². The summed E-state index contributed by atoms with van der Waals surface area (Å²) < 4.78 is 1.93. The van der Waals surface area contributed by atoms with Gasteiger partial charge in [-0.05, 0) is 37.3 Å². The fourth-order valence-electron chi connectivity index (χ4n) is 3.98. The normalized spacial score (nSPS) is 20.6. The summed E-state index contributed by atoms with van der Waals surface area (Å²) >= 11 is 0. The van der Waals surface area contributed by atoms with Crippen LogP contribution in [-0.4, -0.2) is 44.6 Å². The van der Waals surface area contributed by atoms with Crippen LogP contribution in [0.4, 0.5) is 4.79 Å². The summed E-state index contributed by atoms with van der Waals surface area (Å²) in [7, 11) is 0. The molecular weight excluding hydrogens is 356 g/mol. The summed E-state index contributed by atoms with van der Waals surface area (Å²) in [6.45, 7) is 7.44. The molecule has 7 heteroatoms. The molecule has 1 aliphatic heterocycles. The Morgan fingerprint density at radius 1 is 1.32 bits per heavy atom. The summed E-state index contributed by atoms with van der Waals surface area (Å²) in [6, 6.07) is 5.74. The van der Waals surface area contributed by atoms with Crippen molar-refractivity contribution in [1.82, 2.24) is 19.8 Å². The predicted molar refractivity (Wildman–Crippen MR) is 106 cm³/mol. The van der Waals surface area contributed by atoms with Crippen LogP contribution in [0.25, 0.3) is 0 Å². The summed E-state index contributed by atoms with van der Waals surface area (Å²) in [5, 5.41) is 12.5. The van der Waals surface area contributed by atoms with Gasteiger partial charge < -0.3 is 19.9 Å². The lowest BCUT2D eigenvalue weighted by atomic mass is 9.90. The molecule has 0 spiro atoms. The quantitative estimate of drug-likeness (QED) is 0.830. The number of urea groups is 1. The third kappa shape index (κ3) is 4.71. The molecule has 150 valence electrons. The third-order valence-corrected chi connectivity index (χ3v) is 5.35. The molecule has 7 nitrogen and oxygen atoms in total. The van der Waals surface area contributed by atoms with Gasteiger partial charge in [-0.2, -0.15) is 0 Å². The maximum atomic E-state index is 13.0. The molecule has 0 aliphatic carbocycles. The molecular formula is C21H28N4O3. The maximum Gasteiger partial charge on any atom is 0.317 e. The second-order valence-corrected chi connectivity index (χ2v) is 7.90. The van der Waals surface area contributed by atoms with E-state index < -0.39 is 11.9 Å². The SMILES string of the molecule is Cc1ccc(C(Cn2ccnc2)NC(=O)N2CC(C)CC(C(=O)O)C2)c(C)c1. The number of piperidine rings is 1. The van der Waals surface area contributed by atoms with Crippen molar-refractivity contribution >= 4 is 12.0 Å². The topological polar surface area (TPSA) is 87.5 Å². The van der Waals surface area contributed by atoms with Crippen molar-refractivity contribution in [3.05, 3.63) is 53.6 Å². The number of imidazole rings is 1. The molecule has 28 heavy (non-hydrogen) atoms. The fraction of sp³-hybridized carbons (Fsp3) is 0.476. The number of hydrogen-bond acceptors (Lipinski definition) is 3. The molecule has 2 heterocycles. The lowest BCUT2D eigenvalue weighted by Gasteiger charge is -2.36. The van der Waals surface area contributed by atoms with Crippen LogP contribution in [0.5, 0.6) is 0 Å². The molecule has 3 rings (SSSR count). The highest BCUT2D eigenvalue weighted by atomic mass is 16.4. The number of aliphatic carboxylic acids is 1. The van der Waals surface area contributed by atoms with Crippen molar-refractivity contribution in [1.29, 1.82) is 0 Å². The number of rotatable bonds is 5. The molecule has 1 aromatic heterocycles. The highest BCUT2D eigenvalue weighted by molar-refractivity contribution is 5.77. The van der Waals surface area contributed by atoms with E-state index in [-0.39, 0.29) is 24.5 Å². The summed E-state index contributed by atoms with van der Waals surface area (Å²) in [6.07, 6.45) is 5.91. The zero-order valence-corrected chi connectivity index (χ0v) is 16.6. The summed E-state index contributed by atoms with van der Waals surface area (Å²) in [4.78, 5) is 30.2. The van der Waals surface area contributed by atoms with E-state index in [4.69, 9.17) is 0 Å². The van der Waals surface area contributed by atoms with Crippen LogP contribution in [0, 0.1) is 25.7 Å². The van der Waals surface area contributed by atoms with Crippen molar-refractivity contribution in [3.63, 3.8) is 0 Å². The highest BCUT2D eigenvalue weighted by Gasteiger charge is 2.32. The summed E-state index contributed by atoms with van der Waals surface area (Å²) in [5.41, 5.74) is 3.33. The first-order valence-corrected chi connectivity index (χ1v) is 9.64. The fourth-order valence-corrected chi connectivity index (χ4v) is 3.98. The number of benzene rings is 1. The average Bonchev–Trinajstić information content (AvgIpc) is 3.13. The lowest BCUT2D eigenvalue weighted by molar-refractivity contribution is -0.143. The van der Waals surface area contributed by atoms with Gasteiger partial charge in [-0.25, -0.2) is 9.78 Å². The zero-order chi connectivity index (χ0) is 20.3. The van der Waals surface area contributed by atoms with Gasteiger partial charge in [0.05, 0.1) is 18.3 Å². The Morgan fingerprint density at radius 3 is 2.75 bits per heavy atom. The van der Waals surface area contributed by atoms with Gasteiger partial charge in [0.25, 0.3) is 0 Å². The van der Waals surface area contributed by atoms with Crippen LogP contribution in [0.1, 0.15) is 36.1 Å². The van der Waals surface area contributed by atoms with Crippen LogP contribution in [0.2, 0.25) is 0 Å². The number of carbonyl (C=O) groups is 2. The average molecular weight is 384 g/mol. The Labute approximate surface area is 165 Å². The largest absolute Gasteiger partial charge is 0.481 e. The first kappa shape index (κ1) is 19.9. The van der Waals surface area contributed by atoms with E-state index in [0.29, 0.717) is 19.5 Å². The first-order chi connectivity index (χ1) is 13.3. The van der Waals surface area contributed by atoms with Gasteiger partial charge in [0, 0.05) is 32.0 Å². The van der Waals surface area contributed by atoms with Crippen molar-refractivity contribution in [3.8, 4) is 0 Å². The molecule has 2 N–H and O–H groups in total. The Morgan fingerprint density at radius 2 is 2.11 bits per heavy atom. The van der Waals surface area contributed by atoms with E-state index >= 15 is 0 Å². The van der Waals surface area contributed by atoms with Crippen molar-refractivity contribution in [2.75, 3.05) is 13.1 Å². The minimum absolute atomic E-state index is 0.161. The van der Waals surface area contributed by atoms with Gasteiger partial charge in [-0.3, -0.25) is 4.79 Å². The monoisotopic (exact) mass is 384 g/mol. The Balaban J connectivity index is 1.80. The van der Waals surface area contributed by atoms with Gasteiger partial charge in [0.1, 0.15) is 0 Å². The van der Waals surface area contributed by atoms with Crippen LogP contribution >= 0.6 is 0 Å². The van der Waals surface area contributed by atoms with E-state index in [9.17, 15) is 14.7 Å². The van der Waals surface area contributed by atoms with Crippen LogP contribution in [-0.2, 0) is 11.3 Å². The molecule has 3 unspecified atom stereocenters. The number of hydrogen-bond donors (Lipinski definition) is 2. The predicted octanol–water partition coefficient (Wildman–Crippen LogP) is 2.99. The molecule has 2 aromatic rings. The van der Waals surface area contributed by atoms with E-state index in [0.717, 1.165) is 11.1 Å². The van der Waals surface area contributed by atoms with Gasteiger partial charge in [0.2, 0.25) is 0 Å². The smallest absolute Gasteiger partial charge is 0.317 e. The number of nitrogens with zero attached hydrogens (tertiary/aromatic N) is 3. The molecule has 0 bridgehead atoms. The van der Waals surface area contributed by atoms with Gasteiger partial charge >= 0.3 is 12.0 Å². The molecule has 0 saturated carbocycles. The molecule has 1 saturated heterocycles. The number of nitrogens with one attached hydrogen (secondary N) is 1. The van der Waals surface area contributed by atoms with Gasteiger partial charge in [-0.15, -0.1) is 0 Å². The number of aryl methyl sites for hydroxylation is 2. The Hall–Kier alpha value is -2.83. The van der Waals surface area contributed by atoms with E-state index in [1.165, 1.54) is 5.56 Å². The molecule has 0 radical (unpaired) electrons. The van der Waals surface area contributed by atoms with Crippen LogP contribution in [0.15, 0.2) is 36.9 Å². The number of carboxylic acid groups (broad SMARTS) is 1. The first-order valence-electron chi connectivity index (χ1n) is 9.64. The molecule has 1 aliphatic rings. The van der Waals surface area contributed by atoms with Crippen LogP contribution in [0.3, 0.4) is 0 Å². The van der Waals surface area contributed by atoms with Crippen molar-refractivity contribution in [2.45, 2.75) is 39.8 Å². The number of aromatic nitrogens is 2. The van der Waals surface area contributed by atoms with Crippen LogP contribution < -0.4 is 5.32 Å².